The van der Waals surface area contributed by atoms with Crippen LogP contribution in [0.4, 0.5) is 0 Å². The van der Waals surface area contributed by atoms with Gasteiger partial charge in [0.1, 0.15) is 12.0 Å². The van der Waals surface area contributed by atoms with Crippen molar-refractivity contribution in [3.63, 3.8) is 0 Å². The maximum Gasteiger partial charge on any atom is 0.208 e. The normalized spacial score (nSPS) is 10.9. The molecule has 0 bridgehead atoms. The zero-order chi connectivity index (χ0) is 12.6. The number of benzene rings is 1. The van der Waals surface area contributed by atoms with E-state index in [-0.39, 0.29) is 0 Å². The Morgan fingerprint density at radius 1 is 1.12 bits per heavy atom. The van der Waals surface area contributed by atoms with Crippen molar-refractivity contribution in [2.75, 3.05) is 0 Å². The molecule has 0 atom stereocenters. The van der Waals surface area contributed by atoms with Gasteiger partial charge in [0.15, 0.2) is 0 Å². The fourth-order valence-electron chi connectivity index (χ4n) is 2.12. The molecule has 17 heavy (non-hydrogen) atoms. The molecule has 2 aromatic rings. The van der Waals surface area contributed by atoms with Gasteiger partial charge in [0.25, 0.3) is 0 Å². The summed E-state index contributed by atoms with van der Waals surface area (Å²) in [7, 11) is 0. The van der Waals surface area contributed by atoms with Gasteiger partial charge in [-0.1, -0.05) is 6.07 Å². The van der Waals surface area contributed by atoms with E-state index in [4.69, 9.17) is 10.2 Å². The standard InChI is InChI=1S/C14H18N2O/c1-8-5-9(2)11(4)14(10(8)3)12-7-17-13(6-15)16-12/h5,7H,6,15H2,1-4H3. The third kappa shape index (κ3) is 1.98. The summed E-state index contributed by atoms with van der Waals surface area (Å²) in [6.07, 6.45) is 1.69. The van der Waals surface area contributed by atoms with Crippen LogP contribution in [0.3, 0.4) is 0 Å². The zero-order valence-electron chi connectivity index (χ0n) is 10.8. The smallest absolute Gasteiger partial charge is 0.208 e. The highest BCUT2D eigenvalue weighted by Gasteiger charge is 2.13. The molecule has 1 aromatic carbocycles. The summed E-state index contributed by atoms with van der Waals surface area (Å²) in [5.74, 6) is 0.581. The predicted molar refractivity (Wildman–Crippen MR) is 68.8 cm³/mol. The lowest BCUT2D eigenvalue weighted by Crippen LogP contribution is -1.98. The first kappa shape index (κ1) is 11.9. The molecular weight excluding hydrogens is 212 g/mol. The molecule has 3 nitrogen and oxygen atoms in total. The van der Waals surface area contributed by atoms with Gasteiger partial charge in [-0.25, -0.2) is 4.98 Å². The van der Waals surface area contributed by atoms with Crippen LogP contribution >= 0.6 is 0 Å². The summed E-state index contributed by atoms with van der Waals surface area (Å²) < 4.78 is 5.32. The molecule has 0 aliphatic rings. The highest BCUT2D eigenvalue weighted by molar-refractivity contribution is 5.69. The van der Waals surface area contributed by atoms with E-state index in [0.717, 1.165) is 5.69 Å². The van der Waals surface area contributed by atoms with E-state index >= 15 is 0 Å². The Bertz CT molecular complexity index is 529. The Balaban J connectivity index is 2.65. The number of rotatable bonds is 2. The number of hydrogen-bond acceptors (Lipinski definition) is 3. The quantitative estimate of drug-likeness (QED) is 0.862. The van der Waals surface area contributed by atoms with E-state index in [1.54, 1.807) is 6.26 Å². The van der Waals surface area contributed by atoms with Crippen LogP contribution in [0, 0.1) is 27.7 Å². The van der Waals surface area contributed by atoms with Crippen LogP contribution in [0.1, 0.15) is 28.1 Å². The van der Waals surface area contributed by atoms with E-state index in [2.05, 4.69) is 38.7 Å². The second-order valence-electron chi connectivity index (χ2n) is 4.47. The molecular formula is C14H18N2O. The van der Waals surface area contributed by atoms with Gasteiger partial charge < -0.3 is 10.2 Å². The van der Waals surface area contributed by atoms with Crippen LogP contribution in [0.2, 0.25) is 0 Å². The van der Waals surface area contributed by atoms with Gasteiger partial charge in [0.2, 0.25) is 5.89 Å². The lowest BCUT2D eigenvalue weighted by Gasteiger charge is -2.12. The van der Waals surface area contributed by atoms with Crippen molar-refractivity contribution in [3.05, 3.63) is 40.5 Å². The topological polar surface area (TPSA) is 52.0 Å². The first-order valence-corrected chi connectivity index (χ1v) is 5.76. The number of nitrogens with zero attached hydrogens (tertiary/aromatic N) is 1. The van der Waals surface area contributed by atoms with E-state index in [9.17, 15) is 0 Å². The minimum Gasteiger partial charge on any atom is -0.447 e. The van der Waals surface area contributed by atoms with Gasteiger partial charge in [0.05, 0.1) is 6.54 Å². The molecule has 0 aliphatic heterocycles. The Labute approximate surface area is 102 Å². The molecule has 2 rings (SSSR count). The van der Waals surface area contributed by atoms with Gasteiger partial charge in [-0.05, 0) is 49.9 Å². The highest BCUT2D eigenvalue weighted by atomic mass is 16.3. The summed E-state index contributed by atoms with van der Waals surface area (Å²) >= 11 is 0. The van der Waals surface area contributed by atoms with E-state index < -0.39 is 0 Å². The second-order valence-corrected chi connectivity index (χ2v) is 4.47. The largest absolute Gasteiger partial charge is 0.447 e. The average molecular weight is 230 g/mol. The predicted octanol–water partition coefficient (Wildman–Crippen LogP) is 3.03. The molecule has 1 heterocycles. The van der Waals surface area contributed by atoms with Crippen molar-refractivity contribution in [3.8, 4) is 11.3 Å². The maximum atomic E-state index is 5.52. The molecule has 0 spiro atoms. The number of aryl methyl sites for hydroxylation is 2. The third-order valence-electron chi connectivity index (χ3n) is 3.35. The van der Waals surface area contributed by atoms with E-state index in [1.807, 2.05) is 0 Å². The van der Waals surface area contributed by atoms with Crippen LogP contribution in [0.15, 0.2) is 16.7 Å². The number of nitrogens with two attached hydrogens (primary N) is 1. The fraction of sp³-hybridized carbons (Fsp3) is 0.357. The first-order valence-electron chi connectivity index (χ1n) is 5.76. The molecule has 0 radical (unpaired) electrons. The minimum atomic E-state index is 0.336. The van der Waals surface area contributed by atoms with Crippen LogP contribution in [-0.2, 0) is 6.54 Å². The van der Waals surface area contributed by atoms with Gasteiger partial charge in [-0.2, -0.15) is 0 Å². The van der Waals surface area contributed by atoms with Crippen molar-refractivity contribution in [1.82, 2.24) is 4.98 Å². The monoisotopic (exact) mass is 230 g/mol. The Kier molecular flexibility index (Phi) is 3.03. The van der Waals surface area contributed by atoms with Crippen LogP contribution < -0.4 is 5.73 Å². The number of hydrogen-bond donors (Lipinski definition) is 1. The van der Waals surface area contributed by atoms with E-state index in [1.165, 1.54) is 27.8 Å². The summed E-state index contributed by atoms with van der Waals surface area (Å²) in [6.45, 7) is 8.81. The molecule has 2 N–H and O–H groups in total. The van der Waals surface area contributed by atoms with Gasteiger partial charge in [-0.15, -0.1) is 0 Å². The van der Waals surface area contributed by atoms with Crippen molar-refractivity contribution >= 4 is 0 Å². The summed E-state index contributed by atoms with van der Waals surface area (Å²) in [5, 5.41) is 0. The Morgan fingerprint density at radius 2 is 1.71 bits per heavy atom. The van der Waals surface area contributed by atoms with E-state index in [0.29, 0.717) is 12.4 Å². The highest BCUT2D eigenvalue weighted by Crippen LogP contribution is 2.30. The Hall–Kier alpha value is -1.61. The third-order valence-corrected chi connectivity index (χ3v) is 3.35. The molecule has 0 aliphatic carbocycles. The van der Waals surface area contributed by atoms with Crippen LogP contribution in [0.5, 0.6) is 0 Å². The number of oxazole rings is 1. The zero-order valence-corrected chi connectivity index (χ0v) is 10.8. The molecule has 3 heteroatoms. The lowest BCUT2D eigenvalue weighted by molar-refractivity contribution is 0.498. The summed E-state index contributed by atoms with van der Waals surface area (Å²) in [4.78, 5) is 4.41. The summed E-state index contributed by atoms with van der Waals surface area (Å²) in [5.41, 5.74) is 12.6. The Morgan fingerprint density at radius 3 is 2.18 bits per heavy atom. The second kappa shape index (κ2) is 4.34. The van der Waals surface area contributed by atoms with Gasteiger partial charge in [0, 0.05) is 5.56 Å². The minimum absolute atomic E-state index is 0.336. The molecule has 0 saturated heterocycles. The molecule has 0 amide bonds. The lowest BCUT2D eigenvalue weighted by atomic mass is 9.93. The van der Waals surface area contributed by atoms with Crippen LogP contribution in [-0.4, -0.2) is 4.98 Å². The average Bonchev–Trinajstić information content (AvgIpc) is 2.75. The maximum absolute atomic E-state index is 5.52. The van der Waals surface area contributed by atoms with Crippen molar-refractivity contribution < 1.29 is 4.42 Å². The molecule has 90 valence electrons. The van der Waals surface area contributed by atoms with Gasteiger partial charge >= 0.3 is 0 Å². The fourth-order valence-corrected chi connectivity index (χ4v) is 2.12. The van der Waals surface area contributed by atoms with Crippen molar-refractivity contribution in [2.24, 2.45) is 5.73 Å². The van der Waals surface area contributed by atoms with Crippen molar-refractivity contribution in [1.29, 1.82) is 0 Å². The van der Waals surface area contributed by atoms with Crippen molar-refractivity contribution in [2.45, 2.75) is 34.2 Å². The van der Waals surface area contributed by atoms with Gasteiger partial charge in [-0.3, -0.25) is 0 Å². The van der Waals surface area contributed by atoms with Crippen LogP contribution in [0.25, 0.3) is 11.3 Å². The molecule has 0 unspecified atom stereocenters. The molecule has 1 aromatic heterocycles. The summed E-state index contributed by atoms with van der Waals surface area (Å²) in [6, 6.07) is 2.21. The molecule has 0 fully saturated rings. The first-order chi connectivity index (χ1) is 8.04. The number of aromatic nitrogens is 1. The SMILES string of the molecule is Cc1cc(C)c(C)c(-c2coc(CN)n2)c1C. The molecule has 0 saturated carbocycles.